The molecule has 0 spiro atoms. The van der Waals surface area contributed by atoms with Crippen molar-refractivity contribution in [2.75, 3.05) is 19.7 Å². The Balaban J connectivity index is 3.70. The summed E-state index contributed by atoms with van der Waals surface area (Å²) in [5, 5.41) is 13.6. The summed E-state index contributed by atoms with van der Waals surface area (Å²) >= 11 is 0. The fraction of sp³-hybridized carbons (Fsp3) is 0.972. The number of unbranched alkanes of at least 4 members (excludes halogenated alkanes) is 19. The monoisotopic (exact) mass is 568 g/mol. The fourth-order valence-electron chi connectivity index (χ4n) is 5.60. The highest BCUT2D eigenvalue weighted by atomic mass is 16.5. The van der Waals surface area contributed by atoms with Gasteiger partial charge in [-0.2, -0.15) is 0 Å². The van der Waals surface area contributed by atoms with Gasteiger partial charge in [-0.3, -0.25) is 4.79 Å². The van der Waals surface area contributed by atoms with Crippen LogP contribution in [0, 0.1) is 5.92 Å². The molecule has 0 aromatic heterocycles. The minimum absolute atomic E-state index is 0.0126. The maximum atomic E-state index is 12.3. The number of aliphatic hydroxyl groups excluding tert-OH is 1. The van der Waals surface area contributed by atoms with Crippen molar-refractivity contribution in [1.29, 1.82) is 0 Å². The molecular weight excluding hydrogens is 494 g/mol. The minimum Gasteiger partial charge on any atom is -0.465 e. The number of hydrogen-bond acceptors (Lipinski definition) is 4. The number of hydrogen-bond donors (Lipinski definition) is 2. The third-order valence-electron chi connectivity index (χ3n) is 8.42. The first-order valence-electron chi connectivity index (χ1n) is 18.2. The van der Waals surface area contributed by atoms with E-state index in [1.807, 2.05) is 0 Å². The summed E-state index contributed by atoms with van der Waals surface area (Å²) in [6.07, 6.45) is 33.1. The van der Waals surface area contributed by atoms with E-state index in [9.17, 15) is 9.90 Å². The lowest BCUT2D eigenvalue weighted by molar-refractivity contribution is -0.145. The molecule has 0 aliphatic heterocycles. The third kappa shape index (κ3) is 30.4. The lowest BCUT2D eigenvalue weighted by Crippen LogP contribution is -2.27. The van der Waals surface area contributed by atoms with Crippen molar-refractivity contribution >= 4 is 5.97 Å². The Labute approximate surface area is 251 Å². The van der Waals surface area contributed by atoms with Crippen LogP contribution in [0.15, 0.2) is 0 Å². The van der Waals surface area contributed by atoms with Crippen molar-refractivity contribution in [1.82, 2.24) is 5.32 Å². The van der Waals surface area contributed by atoms with Crippen molar-refractivity contribution in [2.24, 2.45) is 5.92 Å². The van der Waals surface area contributed by atoms with Gasteiger partial charge in [-0.25, -0.2) is 0 Å². The number of carbonyl (C=O) groups excluding carboxylic acids is 1. The van der Waals surface area contributed by atoms with Crippen LogP contribution >= 0.6 is 0 Å². The van der Waals surface area contributed by atoms with E-state index in [-0.39, 0.29) is 12.1 Å². The Morgan fingerprint density at radius 3 is 1.52 bits per heavy atom. The third-order valence-corrected chi connectivity index (χ3v) is 8.42. The molecule has 0 fully saturated rings. The first kappa shape index (κ1) is 39.4. The molecule has 2 atom stereocenters. The molecule has 0 saturated carbocycles. The summed E-state index contributed by atoms with van der Waals surface area (Å²) in [7, 11) is 0. The molecule has 4 nitrogen and oxygen atoms in total. The Morgan fingerprint density at radius 2 is 1.00 bits per heavy atom. The van der Waals surface area contributed by atoms with Crippen LogP contribution < -0.4 is 5.32 Å². The smallest absolute Gasteiger partial charge is 0.305 e. The topological polar surface area (TPSA) is 58.6 Å². The van der Waals surface area contributed by atoms with Crippen LogP contribution in [0.5, 0.6) is 0 Å². The molecule has 4 heteroatoms. The lowest BCUT2D eigenvalue weighted by atomic mass is 9.95. The molecule has 40 heavy (non-hydrogen) atoms. The molecular formula is C36H73NO3. The summed E-state index contributed by atoms with van der Waals surface area (Å²) in [6, 6.07) is 0. The maximum absolute atomic E-state index is 12.3. The second kappa shape index (κ2) is 32.9. The Hall–Kier alpha value is -0.610. The highest BCUT2D eigenvalue weighted by molar-refractivity contribution is 5.69. The van der Waals surface area contributed by atoms with E-state index in [1.165, 1.54) is 135 Å². The van der Waals surface area contributed by atoms with Gasteiger partial charge in [0.15, 0.2) is 0 Å². The van der Waals surface area contributed by atoms with Crippen molar-refractivity contribution in [2.45, 2.75) is 200 Å². The molecule has 0 bridgehead atoms. The summed E-state index contributed by atoms with van der Waals surface area (Å²) < 4.78 is 5.72. The fourth-order valence-corrected chi connectivity index (χ4v) is 5.60. The second-order valence-electron chi connectivity index (χ2n) is 12.6. The average molecular weight is 568 g/mol. The second-order valence-corrected chi connectivity index (χ2v) is 12.6. The molecule has 0 amide bonds. The van der Waals surface area contributed by atoms with Crippen LogP contribution in [0.4, 0.5) is 0 Å². The Morgan fingerprint density at radius 1 is 0.575 bits per heavy atom. The van der Waals surface area contributed by atoms with Crippen LogP contribution in [-0.4, -0.2) is 36.9 Å². The highest BCUT2D eigenvalue weighted by Crippen LogP contribution is 2.20. The van der Waals surface area contributed by atoms with Gasteiger partial charge in [0.1, 0.15) is 0 Å². The van der Waals surface area contributed by atoms with Gasteiger partial charge in [-0.15, -0.1) is 0 Å². The summed E-state index contributed by atoms with van der Waals surface area (Å²) in [5.41, 5.74) is 0. The van der Waals surface area contributed by atoms with Gasteiger partial charge in [0, 0.05) is 13.0 Å². The predicted octanol–water partition coefficient (Wildman–Crippen LogP) is 10.7. The van der Waals surface area contributed by atoms with Gasteiger partial charge in [0.2, 0.25) is 0 Å². The van der Waals surface area contributed by atoms with Crippen molar-refractivity contribution in [3.63, 3.8) is 0 Å². The van der Waals surface area contributed by atoms with Crippen LogP contribution in [0.1, 0.15) is 194 Å². The number of nitrogens with one attached hydrogen (secondary N) is 1. The number of ether oxygens (including phenoxy) is 1. The maximum Gasteiger partial charge on any atom is 0.305 e. The molecule has 0 saturated heterocycles. The number of carbonyl (C=O) groups is 1. The molecule has 0 radical (unpaired) electrons. The molecule has 2 N–H and O–H groups in total. The number of esters is 1. The standard InChI is InChI=1S/C36H73NO3/c1-4-7-10-13-15-16-17-18-20-24-29-35(38)32-37-31-26-21-25-30-36(39)40-33-34(27-22-12-9-6-3)28-23-19-14-11-8-5-2/h34-35,37-38H,4-33H2,1-3H3. The summed E-state index contributed by atoms with van der Waals surface area (Å²) in [6.45, 7) is 9.03. The molecule has 0 aliphatic carbocycles. The molecule has 0 aliphatic rings. The molecule has 0 rings (SSSR count). The summed E-state index contributed by atoms with van der Waals surface area (Å²) in [4.78, 5) is 12.3. The number of rotatable bonds is 33. The van der Waals surface area contributed by atoms with Crippen molar-refractivity contribution in [3.05, 3.63) is 0 Å². The minimum atomic E-state index is -0.227. The van der Waals surface area contributed by atoms with Gasteiger partial charge < -0.3 is 15.2 Å². The zero-order valence-corrected chi connectivity index (χ0v) is 27.6. The van der Waals surface area contributed by atoms with E-state index in [2.05, 4.69) is 26.1 Å². The summed E-state index contributed by atoms with van der Waals surface area (Å²) in [5.74, 6) is 0.532. The van der Waals surface area contributed by atoms with Gasteiger partial charge >= 0.3 is 5.97 Å². The van der Waals surface area contributed by atoms with Crippen LogP contribution in [0.2, 0.25) is 0 Å². The van der Waals surface area contributed by atoms with E-state index in [1.54, 1.807) is 0 Å². The first-order chi connectivity index (χ1) is 19.6. The van der Waals surface area contributed by atoms with E-state index < -0.39 is 0 Å². The van der Waals surface area contributed by atoms with Gasteiger partial charge in [0.25, 0.3) is 0 Å². The van der Waals surface area contributed by atoms with E-state index in [0.29, 0.717) is 25.5 Å². The number of aliphatic hydroxyl groups is 1. The van der Waals surface area contributed by atoms with E-state index >= 15 is 0 Å². The van der Waals surface area contributed by atoms with Crippen molar-refractivity contribution < 1.29 is 14.6 Å². The van der Waals surface area contributed by atoms with Gasteiger partial charge in [-0.05, 0) is 44.6 Å². The lowest BCUT2D eigenvalue weighted by Gasteiger charge is -2.17. The van der Waals surface area contributed by atoms with Crippen LogP contribution in [-0.2, 0) is 9.53 Å². The van der Waals surface area contributed by atoms with E-state index in [0.717, 1.165) is 38.6 Å². The molecule has 240 valence electrons. The Bertz CT molecular complexity index is 498. The molecule has 0 aromatic carbocycles. The average Bonchev–Trinajstić information content (AvgIpc) is 2.95. The van der Waals surface area contributed by atoms with Gasteiger partial charge in [0.05, 0.1) is 12.7 Å². The highest BCUT2D eigenvalue weighted by Gasteiger charge is 2.12. The predicted molar refractivity (Wildman–Crippen MR) is 175 cm³/mol. The van der Waals surface area contributed by atoms with E-state index in [4.69, 9.17) is 4.74 Å². The molecule has 0 aromatic rings. The molecule has 2 unspecified atom stereocenters. The SMILES string of the molecule is CCCCCCCCCCCCC(O)CNCCCCCC(=O)OCC(CCCCCC)CCCCCCCC. The normalized spacial score (nSPS) is 13.0. The largest absolute Gasteiger partial charge is 0.465 e. The van der Waals surface area contributed by atoms with Crippen molar-refractivity contribution in [3.8, 4) is 0 Å². The van der Waals surface area contributed by atoms with Crippen LogP contribution in [0.3, 0.4) is 0 Å². The Kier molecular flexibility index (Phi) is 32.4. The van der Waals surface area contributed by atoms with Crippen LogP contribution in [0.25, 0.3) is 0 Å². The zero-order valence-electron chi connectivity index (χ0n) is 27.6. The van der Waals surface area contributed by atoms with Gasteiger partial charge in [-0.1, -0.05) is 156 Å². The quantitative estimate of drug-likeness (QED) is 0.0611. The zero-order chi connectivity index (χ0) is 29.4. The molecule has 0 heterocycles. The first-order valence-corrected chi connectivity index (χ1v) is 18.2.